The Bertz CT molecular complexity index is 742. The van der Waals surface area contributed by atoms with E-state index in [1.165, 1.54) is 18.4 Å². The summed E-state index contributed by atoms with van der Waals surface area (Å²) in [7, 11) is -1.20. The van der Waals surface area contributed by atoms with Crippen molar-refractivity contribution in [2.24, 2.45) is 25.7 Å². The van der Waals surface area contributed by atoms with Gasteiger partial charge in [0.25, 0.3) is 5.56 Å². The molecule has 0 spiro atoms. The number of hydrogen-bond acceptors (Lipinski definition) is 5. The second kappa shape index (κ2) is 5.74. The first-order valence-corrected chi connectivity index (χ1v) is 8.20. The lowest BCUT2D eigenvalue weighted by molar-refractivity contribution is 0.278. The molecule has 2 heterocycles. The predicted molar refractivity (Wildman–Crippen MR) is 77.5 cm³/mol. The maximum Gasteiger partial charge on any atom is 0.330 e. The molecule has 1 aromatic heterocycles. The first-order chi connectivity index (χ1) is 9.78. The molecular formula is C12H20N4O4S. The highest BCUT2D eigenvalue weighted by Crippen LogP contribution is 2.21. The van der Waals surface area contributed by atoms with Gasteiger partial charge in [0.05, 0.1) is 0 Å². The van der Waals surface area contributed by atoms with E-state index >= 15 is 0 Å². The SMILES string of the molecule is Cn1cc(S(=O)(=O)N2CCC(CN)CC2)c(=O)n(C)c1=O. The van der Waals surface area contributed by atoms with Gasteiger partial charge in [0.15, 0.2) is 4.90 Å². The highest BCUT2D eigenvalue weighted by atomic mass is 32.2. The van der Waals surface area contributed by atoms with Crippen LogP contribution in [0.15, 0.2) is 20.7 Å². The molecule has 2 N–H and O–H groups in total. The molecule has 0 saturated carbocycles. The number of aryl methyl sites for hydroxylation is 1. The topological polar surface area (TPSA) is 107 Å². The molecule has 1 saturated heterocycles. The van der Waals surface area contributed by atoms with Gasteiger partial charge in [0, 0.05) is 33.4 Å². The van der Waals surface area contributed by atoms with Gasteiger partial charge in [0.1, 0.15) is 0 Å². The Hall–Kier alpha value is -1.45. The summed E-state index contributed by atoms with van der Waals surface area (Å²) >= 11 is 0. The van der Waals surface area contributed by atoms with Crippen LogP contribution in [0.2, 0.25) is 0 Å². The van der Waals surface area contributed by atoms with Crippen LogP contribution >= 0.6 is 0 Å². The highest BCUT2D eigenvalue weighted by Gasteiger charge is 2.31. The van der Waals surface area contributed by atoms with Crippen molar-refractivity contribution < 1.29 is 8.42 Å². The zero-order valence-corrected chi connectivity index (χ0v) is 13.0. The molecule has 1 aromatic rings. The minimum Gasteiger partial charge on any atom is -0.330 e. The Kier molecular flexibility index (Phi) is 4.35. The summed E-state index contributed by atoms with van der Waals surface area (Å²) in [6.07, 6.45) is 2.46. The fraction of sp³-hybridized carbons (Fsp3) is 0.667. The molecule has 118 valence electrons. The molecule has 1 fully saturated rings. The van der Waals surface area contributed by atoms with Crippen LogP contribution in [0.25, 0.3) is 0 Å². The number of hydrogen-bond donors (Lipinski definition) is 1. The van der Waals surface area contributed by atoms with Gasteiger partial charge < -0.3 is 10.3 Å². The lowest BCUT2D eigenvalue weighted by atomic mass is 9.99. The highest BCUT2D eigenvalue weighted by molar-refractivity contribution is 7.89. The number of rotatable bonds is 3. The van der Waals surface area contributed by atoms with E-state index in [1.54, 1.807) is 0 Å². The van der Waals surface area contributed by atoms with Gasteiger partial charge in [-0.25, -0.2) is 13.2 Å². The Morgan fingerprint density at radius 3 is 2.33 bits per heavy atom. The van der Waals surface area contributed by atoms with E-state index in [0.29, 0.717) is 38.4 Å². The molecule has 0 aliphatic carbocycles. The van der Waals surface area contributed by atoms with E-state index in [1.807, 2.05) is 0 Å². The maximum absolute atomic E-state index is 12.6. The van der Waals surface area contributed by atoms with Gasteiger partial charge in [-0.05, 0) is 25.3 Å². The van der Waals surface area contributed by atoms with Gasteiger partial charge in [-0.15, -0.1) is 0 Å². The molecule has 0 radical (unpaired) electrons. The molecule has 2 rings (SSSR count). The van der Waals surface area contributed by atoms with Crippen molar-refractivity contribution in [3.05, 3.63) is 27.0 Å². The lowest BCUT2D eigenvalue weighted by Crippen LogP contribution is -2.45. The van der Waals surface area contributed by atoms with Crippen molar-refractivity contribution in [3.8, 4) is 0 Å². The lowest BCUT2D eigenvalue weighted by Gasteiger charge is -2.30. The molecule has 1 aliphatic heterocycles. The Morgan fingerprint density at radius 2 is 1.81 bits per heavy atom. The van der Waals surface area contributed by atoms with Crippen LogP contribution in [-0.2, 0) is 24.1 Å². The Balaban J connectivity index is 2.42. The molecular weight excluding hydrogens is 296 g/mol. The third-order valence-electron chi connectivity index (χ3n) is 3.94. The van der Waals surface area contributed by atoms with E-state index in [2.05, 4.69) is 0 Å². The standard InChI is InChI=1S/C12H20N4O4S/c1-14-8-10(11(17)15(2)12(14)18)21(19,20)16-5-3-9(7-13)4-6-16/h8-9H,3-7,13H2,1-2H3. The van der Waals surface area contributed by atoms with Crippen LogP contribution in [-0.4, -0.2) is 41.5 Å². The van der Waals surface area contributed by atoms with Crippen molar-refractivity contribution in [3.63, 3.8) is 0 Å². The van der Waals surface area contributed by atoms with Crippen LogP contribution in [0.4, 0.5) is 0 Å². The minimum absolute atomic E-state index is 0.319. The number of aromatic nitrogens is 2. The summed E-state index contributed by atoms with van der Waals surface area (Å²) in [5.41, 5.74) is 4.24. The molecule has 9 heteroatoms. The summed E-state index contributed by atoms with van der Waals surface area (Å²) in [6, 6.07) is 0. The third kappa shape index (κ3) is 2.81. The van der Waals surface area contributed by atoms with Gasteiger partial charge in [0.2, 0.25) is 10.0 Å². The Morgan fingerprint density at radius 1 is 1.24 bits per heavy atom. The first-order valence-electron chi connectivity index (χ1n) is 6.76. The minimum atomic E-state index is -3.89. The van der Waals surface area contributed by atoms with E-state index in [0.717, 1.165) is 15.3 Å². The van der Waals surface area contributed by atoms with E-state index < -0.39 is 21.3 Å². The fourth-order valence-electron chi connectivity index (χ4n) is 2.48. The summed E-state index contributed by atoms with van der Waals surface area (Å²) < 4.78 is 28.4. The van der Waals surface area contributed by atoms with Crippen LogP contribution in [0.1, 0.15) is 12.8 Å². The molecule has 0 atom stereocenters. The van der Waals surface area contributed by atoms with Crippen LogP contribution in [0, 0.1) is 5.92 Å². The predicted octanol–water partition coefficient (Wildman–Crippen LogP) is -1.56. The number of piperidine rings is 1. The number of sulfonamides is 1. The average molecular weight is 316 g/mol. The zero-order chi connectivity index (χ0) is 15.8. The van der Waals surface area contributed by atoms with Crippen molar-refractivity contribution in [2.45, 2.75) is 17.7 Å². The van der Waals surface area contributed by atoms with E-state index in [-0.39, 0.29) is 4.90 Å². The van der Waals surface area contributed by atoms with Gasteiger partial charge in [-0.1, -0.05) is 0 Å². The summed E-state index contributed by atoms with van der Waals surface area (Å²) in [5, 5.41) is 0. The first kappa shape index (κ1) is 15.9. The van der Waals surface area contributed by atoms with Crippen molar-refractivity contribution >= 4 is 10.0 Å². The van der Waals surface area contributed by atoms with Crippen molar-refractivity contribution in [1.29, 1.82) is 0 Å². The maximum atomic E-state index is 12.6. The third-order valence-corrected chi connectivity index (χ3v) is 5.82. The quantitative estimate of drug-likeness (QED) is 0.726. The average Bonchev–Trinajstić information content (AvgIpc) is 2.48. The van der Waals surface area contributed by atoms with E-state index in [9.17, 15) is 18.0 Å². The Labute approximate surface area is 122 Å². The second-order valence-electron chi connectivity index (χ2n) is 5.33. The second-order valence-corrected chi connectivity index (χ2v) is 7.24. The largest absolute Gasteiger partial charge is 0.330 e. The molecule has 8 nitrogen and oxygen atoms in total. The molecule has 1 aliphatic rings. The summed E-state index contributed by atoms with van der Waals surface area (Å²) in [5.74, 6) is 0.319. The van der Waals surface area contributed by atoms with Gasteiger partial charge in [-0.3, -0.25) is 9.36 Å². The summed E-state index contributed by atoms with van der Waals surface area (Å²) in [4.78, 5) is 23.3. The zero-order valence-electron chi connectivity index (χ0n) is 12.2. The van der Waals surface area contributed by atoms with Crippen molar-refractivity contribution in [1.82, 2.24) is 13.4 Å². The molecule has 0 bridgehead atoms. The normalized spacial score (nSPS) is 18.0. The van der Waals surface area contributed by atoms with Crippen LogP contribution in [0.5, 0.6) is 0 Å². The van der Waals surface area contributed by atoms with Crippen molar-refractivity contribution in [2.75, 3.05) is 19.6 Å². The monoisotopic (exact) mass is 316 g/mol. The van der Waals surface area contributed by atoms with Gasteiger partial charge >= 0.3 is 5.69 Å². The molecule has 21 heavy (non-hydrogen) atoms. The molecule has 0 aromatic carbocycles. The molecule has 0 amide bonds. The number of nitrogens with zero attached hydrogens (tertiary/aromatic N) is 3. The number of nitrogens with two attached hydrogens (primary N) is 1. The molecule has 0 unspecified atom stereocenters. The van der Waals surface area contributed by atoms with Crippen LogP contribution in [0.3, 0.4) is 0 Å². The van der Waals surface area contributed by atoms with E-state index in [4.69, 9.17) is 5.73 Å². The van der Waals surface area contributed by atoms with Crippen LogP contribution < -0.4 is 17.0 Å². The smallest absolute Gasteiger partial charge is 0.330 e. The summed E-state index contributed by atoms with van der Waals surface area (Å²) in [6.45, 7) is 1.22. The fourth-order valence-corrected chi connectivity index (χ4v) is 4.10. The van der Waals surface area contributed by atoms with Gasteiger partial charge in [-0.2, -0.15) is 4.31 Å².